The Morgan fingerprint density at radius 1 is 1.64 bits per heavy atom. The van der Waals surface area contributed by atoms with E-state index in [1.807, 2.05) is 11.8 Å². The third kappa shape index (κ3) is 2.20. The molecule has 0 spiro atoms. The average molecular weight is 207 g/mol. The summed E-state index contributed by atoms with van der Waals surface area (Å²) in [4.78, 5) is 12.2. The molecular weight excluding hydrogens is 192 g/mol. The highest BCUT2D eigenvalue weighted by molar-refractivity contribution is 5.75. The summed E-state index contributed by atoms with van der Waals surface area (Å²) in [6, 6.07) is 0. The van der Waals surface area contributed by atoms with Gasteiger partial charge in [-0.05, 0) is 25.9 Å². The van der Waals surface area contributed by atoms with Crippen molar-refractivity contribution in [3.8, 4) is 0 Å². The van der Waals surface area contributed by atoms with Crippen LogP contribution < -0.4 is 0 Å². The first-order chi connectivity index (χ1) is 6.48. The van der Waals surface area contributed by atoms with Crippen LogP contribution in [0.5, 0.6) is 0 Å². The zero-order valence-electron chi connectivity index (χ0n) is 8.17. The van der Waals surface area contributed by atoms with Gasteiger partial charge in [-0.2, -0.15) is 8.78 Å². The molecule has 1 saturated heterocycles. The van der Waals surface area contributed by atoms with Crippen LogP contribution in [0.25, 0.3) is 0 Å². The molecule has 3 nitrogen and oxygen atoms in total. The maximum atomic E-state index is 13.1. The summed E-state index contributed by atoms with van der Waals surface area (Å²) in [5.41, 5.74) is 0. The van der Waals surface area contributed by atoms with Gasteiger partial charge in [-0.25, -0.2) is 4.79 Å². The molecule has 0 aliphatic carbocycles. The molecule has 0 aromatic carbocycles. The molecule has 1 aliphatic rings. The molecule has 1 unspecified atom stereocenters. The van der Waals surface area contributed by atoms with E-state index in [4.69, 9.17) is 5.11 Å². The predicted molar refractivity (Wildman–Crippen MR) is 47.4 cm³/mol. The third-order valence-corrected chi connectivity index (χ3v) is 2.75. The predicted octanol–water partition coefficient (Wildman–Crippen LogP) is 1.44. The molecule has 1 aliphatic heterocycles. The molecule has 0 amide bonds. The van der Waals surface area contributed by atoms with Crippen LogP contribution >= 0.6 is 0 Å². The Morgan fingerprint density at radius 3 is 2.79 bits per heavy atom. The molecule has 0 radical (unpaired) electrons. The number of carbonyl (C=O) groups is 1. The summed E-state index contributed by atoms with van der Waals surface area (Å²) in [7, 11) is 0. The monoisotopic (exact) mass is 207 g/mol. The standard InChI is InChI=1S/C9H15F2NO2/c1-2-12-5-3-4-7(6-12)9(10,11)8(13)14/h7H,2-6H2,1H3,(H,13,14). The summed E-state index contributed by atoms with van der Waals surface area (Å²) in [6.07, 6.45) is 0.956. The number of carboxylic acid groups (broad SMARTS) is 1. The van der Waals surface area contributed by atoms with E-state index in [1.54, 1.807) is 0 Å². The topological polar surface area (TPSA) is 40.5 Å². The molecule has 0 aromatic rings. The van der Waals surface area contributed by atoms with E-state index in [0.29, 0.717) is 19.4 Å². The second kappa shape index (κ2) is 4.21. The van der Waals surface area contributed by atoms with Gasteiger partial charge in [-0.3, -0.25) is 0 Å². The first-order valence-corrected chi connectivity index (χ1v) is 4.82. The lowest BCUT2D eigenvalue weighted by Gasteiger charge is -2.34. The second-order valence-corrected chi connectivity index (χ2v) is 3.66. The number of nitrogens with zero attached hydrogens (tertiary/aromatic N) is 1. The van der Waals surface area contributed by atoms with Gasteiger partial charge in [0.25, 0.3) is 0 Å². The number of halogens is 2. The van der Waals surface area contributed by atoms with E-state index >= 15 is 0 Å². The number of alkyl halides is 2. The van der Waals surface area contributed by atoms with Crippen molar-refractivity contribution < 1.29 is 18.7 Å². The minimum atomic E-state index is -3.58. The summed E-state index contributed by atoms with van der Waals surface area (Å²) in [5.74, 6) is -6.61. The van der Waals surface area contributed by atoms with Gasteiger partial charge in [0.05, 0.1) is 0 Å². The third-order valence-electron chi connectivity index (χ3n) is 2.75. The summed E-state index contributed by atoms with van der Waals surface area (Å²) >= 11 is 0. The quantitative estimate of drug-likeness (QED) is 0.761. The zero-order valence-corrected chi connectivity index (χ0v) is 8.17. The van der Waals surface area contributed by atoms with Crippen molar-refractivity contribution in [1.29, 1.82) is 0 Å². The van der Waals surface area contributed by atoms with Gasteiger partial charge in [-0.1, -0.05) is 6.92 Å². The molecule has 82 valence electrons. The fourth-order valence-corrected chi connectivity index (χ4v) is 1.81. The molecule has 1 rings (SSSR count). The number of carboxylic acids is 1. The van der Waals surface area contributed by atoms with E-state index in [9.17, 15) is 13.6 Å². The number of hydrogen-bond donors (Lipinski definition) is 1. The van der Waals surface area contributed by atoms with E-state index < -0.39 is 17.8 Å². The van der Waals surface area contributed by atoms with Crippen molar-refractivity contribution in [2.75, 3.05) is 19.6 Å². The van der Waals surface area contributed by atoms with Crippen molar-refractivity contribution in [2.45, 2.75) is 25.7 Å². The van der Waals surface area contributed by atoms with Gasteiger partial charge in [0.15, 0.2) is 0 Å². The molecule has 1 heterocycles. The molecule has 1 fully saturated rings. The Hall–Kier alpha value is -0.710. The normalized spacial score (nSPS) is 24.9. The fourth-order valence-electron chi connectivity index (χ4n) is 1.81. The van der Waals surface area contributed by atoms with Gasteiger partial charge >= 0.3 is 11.9 Å². The summed E-state index contributed by atoms with van der Waals surface area (Å²) in [5, 5.41) is 8.38. The van der Waals surface area contributed by atoms with Gasteiger partial charge in [0.2, 0.25) is 0 Å². The lowest BCUT2D eigenvalue weighted by molar-refractivity contribution is -0.176. The van der Waals surface area contributed by atoms with E-state index in [0.717, 1.165) is 6.54 Å². The SMILES string of the molecule is CCN1CCCC(C(F)(F)C(=O)O)C1. The average Bonchev–Trinajstić information content (AvgIpc) is 2.17. The highest BCUT2D eigenvalue weighted by Gasteiger charge is 2.48. The van der Waals surface area contributed by atoms with Crippen LogP contribution in [0.15, 0.2) is 0 Å². The highest BCUT2D eigenvalue weighted by atomic mass is 19.3. The van der Waals surface area contributed by atoms with Crippen LogP contribution in [-0.2, 0) is 4.79 Å². The van der Waals surface area contributed by atoms with Crippen LogP contribution in [0.3, 0.4) is 0 Å². The largest absolute Gasteiger partial charge is 0.477 e. The van der Waals surface area contributed by atoms with Gasteiger partial charge < -0.3 is 10.0 Å². The number of hydrogen-bond acceptors (Lipinski definition) is 2. The minimum Gasteiger partial charge on any atom is -0.477 e. The molecule has 0 aromatic heterocycles. The summed E-state index contributed by atoms with van der Waals surface area (Å²) in [6.45, 7) is 3.58. The first kappa shape index (κ1) is 11.4. The lowest BCUT2D eigenvalue weighted by Crippen LogP contribution is -2.47. The van der Waals surface area contributed by atoms with Crippen LogP contribution in [0.2, 0.25) is 0 Å². The molecule has 1 atom stereocenters. The van der Waals surface area contributed by atoms with Gasteiger partial charge in [0, 0.05) is 12.5 Å². The van der Waals surface area contributed by atoms with Gasteiger partial charge in [-0.15, -0.1) is 0 Å². The number of piperidine rings is 1. The number of aliphatic carboxylic acids is 1. The smallest absolute Gasteiger partial charge is 0.374 e. The summed E-state index contributed by atoms with van der Waals surface area (Å²) < 4.78 is 26.2. The van der Waals surface area contributed by atoms with Crippen molar-refractivity contribution in [3.63, 3.8) is 0 Å². The Kier molecular flexibility index (Phi) is 3.42. The Labute approximate surface area is 81.7 Å². The first-order valence-electron chi connectivity index (χ1n) is 4.82. The maximum Gasteiger partial charge on any atom is 0.374 e. The van der Waals surface area contributed by atoms with Crippen molar-refractivity contribution in [2.24, 2.45) is 5.92 Å². The Balaban J connectivity index is 2.63. The molecular formula is C9H15F2NO2. The molecule has 1 N–H and O–H groups in total. The van der Waals surface area contributed by atoms with Crippen LogP contribution in [-0.4, -0.2) is 41.5 Å². The lowest BCUT2D eigenvalue weighted by atomic mass is 9.92. The Bertz CT molecular complexity index is 221. The van der Waals surface area contributed by atoms with Crippen LogP contribution in [0.4, 0.5) is 8.78 Å². The van der Waals surface area contributed by atoms with E-state index in [-0.39, 0.29) is 6.54 Å². The van der Waals surface area contributed by atoms with E-state index in [1.165, 1.54) is 0 Å². The van der Waals surface area contributed by atoms with Crippen molar-refractivity contribution in [3.05, 3.63) is 0 Å². The number of likely N-dealkylation sites (tertiary alicyclic amines) is 1. The molecule has 14 heavy (non-hydrogen) atoms. The Morgan fingerprint density at radius 2 is 2.29 bits per heavy atom. The molecule has 0 saturated carbocycles. The highest BCUT2D eigenvalue weighted by Crippen LogP contribution is 2.32. The van der Waals surface area contributed by atoms with E-state index in [2.05, 4.69) is 0 Å². The van der Waals surface area contributed by atoms with Crippen LogP contribution in [0, 0.1) is 5.92 Å². The van der Waals surface area contributed by atoms with Crippen molar-refractivity contribution >= 4 is 5.97 Å². The number of rotatable bonds is 3. The van der Waals surface area contributed by atoms with Crippen LogP contribution in [0.1, 0.15) is 19.8 Å². The zero-order chi connectivity index (χ0) is 10.8. The maximum absolute atomic E-state index is 13.1. The molecule has 0 bridgehead atoms. The van der Waals surface area contributed by atoms with Gasteiger partial charge in [0.1, 0.15) is 0 Å². The second-order valence-electron chi connectivity index (χ2n) is 3.66. The van der Waals surface area contributed by atoms with Crippen molar-refractivity contribution in [1.82, 2.24) is 4.90 Å². The fraction of sp³-hybridized carbons (Fsp3) is 0.889. The minimum absolute atomic E-state index is 0.190. The molecule has 5 heteroatoms.